The van der Waals surface area contributed by atoms with Crippen LogP contribution < -0.4 is 5.73 Å². The monoisotopic (exact) mass is 405 g/mol. The van der Waals surface area contributed by atoms with Gasteiger partial charge in [0.15, 0.2) is 0 Å². The van der Waals surface area contributed by atoms with Crippen LogP contribution in [0.15, 0.2) is 18.2 Å². The van der Waals surface area contributed by atoms with Crippen molar-refractivity contribution in [2.24, 2.45) is 0 Å². The van der Waals surface area contributed by atoms with Gasteiger partial charge >= 0.3 is 6.09 Å². The molecule has 1 amide bonds. The van der Waals surface area contributed by atoms with E-state index in [1.54, 1.807) is 11.0 Å². The molecule has 0 aliphatic carbocycles. The van der Waals surface area contributed by atoms with Crippen LogP contribution in [0.5, 0.6) is 0 Å². The van der Waals surface area contributed by atoms with Crippen LogP contribution in [0.2, 0.25) is 0 Å². The molecule has 1 aliphatic heterocycles. The molecule has 1 aromatic carbocycles. The van der Waals surface area contributed by atoms with Gasteiger partial charge in [0.1, 0.15) is 16.4 Å². The lowest BCUT2D eigenvalue weighted by Gasteiger charge is -2.30. The Balaban J connectivity index is 1.65. The fourth-order valence-electron chi connectivity index (χ4n) is 3.15. The van der Waals surface area contributed by atoms with E-state index in [0.717, 1.165) is 25.7 Å². The van der Waals surface area contributed by atoms with E-state index in [9.17, 15) is 9.18 Å². The van der Waals surface area contributed by atoms with Crippen molar-refractivity contribution in [1.29, 1.82) is 0 Å². The van der Waals surface area contributed by atoms with Crippen molar-refractivity contribution in [3.05, 3.63) is 34.5 Å². The number of rotatable bonds is 1. The molecule has 4 rings (SSSR count). The van der Waals surface area contributed by atoms with Crippen LogP contribution in [0.25, 0.3) is 20.8 Å². The summed E-state index contributed by atoms with van der Waals surface area (Å²) in [7, 11) is 0. The number of ether oxygens (including phenoxy) is 1. The minimum atomic E-state index is -0.521. The number of thiazole rings is 1. The standard InChI is InChI=1S/C19H20FN3O2S2/c1-19(2,3)25-18(24)23-7-6-11-14(9-23)26-16(21)15(11)17-22-12-8-10(20)4-5-13(12)27-17/h4-5,8H,6-7,9,21H2,1-3H3. The summed E-state index contributed by atoms with van der Waals surface area (Å²) in [5.41, 5.74) is 8.49. The zero-order valence-electron chi connectivity index (χ0n) is 15.3. The molecule has 0 saturated carbocycles. The number of benzene rings is 1. The fourth-order valence-corrected chi connectivity index (χ4v) is 5.38. The summed E-state index contributed by atoms with van der Waals surface area (Å²) in [6.07, 6.45) is 0.388. The number of carbonyl (C=O) groups excluding carboxylic acids is 1. The second-order valence-corrected chi connectivity index (χ2v) is 9.69. The molecule has 0 saturated heterocycles. The molecule has 0 bridgehead atoms. The number of halogens is 1. The average molecular weight is 406 g/mol. The molecular formula is C19H20FN3O2S2. The highest BCUT2D eigenvalue weighted by Gasteiger charge is 2.30. The van der Waals surface area contributed by atoms with Gasteiger partial charge in [0.2, 0.25) is 0 Å². The average Bonchev–Trinajstić information content (AvgIpc) is 3.11. The number of nitrogens with two attached hydrogens (primary N) is 1. The number of nitrogens with zero attached hydrogens (tertiary/aromatic N) is 2. The normalized spacial score (nSPS) is 14.4. The number of amides is 1. The van der Waals surface area contributed by atoms with Gasteiger partial charge in [0.05, 0.1) is 21.8 Å². The number of anilines is 1. The number of aromatic nitrogens is 1. The molecule has 2 aromatic heterocycles. The Morgan fingerprint density at radius 2 is 2.11 bits per heavy atom. The molecule has 1 aliphatic rings. The van der Waals surface area contributed by atoms with Crippen molar-refractivity contribution < 1.29 is 13.9 Å². The number of carbonyl (C=O) groups is 1. The summed E-state index contributed by atoms with van der Waals surface area (Å²) < 4.78 is 19.9. The smallest absolute Gasteiger partial charge is 0.410 e. The fraction of sp³-hybridized carbons (Fsp3) is 0.368. The molecule has 0 atom stereocenters. The van der Waals surface area contributed by atoms with Gasteiger partial charge in [0, 0.05) is 23.1 Å². The van der Waals surface area contributed by atoms with Gasteiger partial charge in [0.25, 0.3) is 0 Å². The first kappa shape index (κ1) is 18.2. The summed E-state index contributed by atoms with van der Waals surface area (Å²) >= 11 is 2.99. The quantitative estimate of drug-likeness (QED) is 0.616. The van der Waals surface area contributed by atoms with E-state index < -0.39 is 5.60 Å². The van der Waals surface area contributed by atoms with Gasteiger partial charge in [-0.1, -0.05) is 0 Å². The molecule has 3 aromatic rings. The van der Waals surface area contributed by atoms with E-state index >= 15 is 0 Å². The first-order chi connectivity index (χ1) is 12.7. The SMILES string of the molecule is CC(C)(C)OC(=O)N1CCc2c(sc(N)c2-c2nc3cc(F)ccc3s2)C1. The van der Waals surface area contributed by atoms with E-state index in [1.165, 1.54) is 34.8 Å². The lowest BCUT2D eigenvalue weighted by molar-refractivity contribution is 0.0227. The van der Waals surface area contributed by atoms with E-state index in [2.05, 4.69) is 4.98 Å². The van der Waals surface area contributed by atoms with Gasteiger partial charge in [-0.2, -0.15) is 0 Å². The Morgan fingerprint density at radius 1 is 1.33 bits per heavy atom. The molecular weight excluding hydrogens is 385 g/mol. The summed E-state index contributed by atoms with van der Waals surface area (Å²) in [5, 5.41) is 1.49. The largest absolute Gasteiger partial charge is 0.444 e. The zero-order chi connectivity index (χ0) is 19.3. The van der Waals surface area contributed by atoms with E-state index in [-0.39, 0.29) is 11.9 Å². The maximum Gasteiger partial charge on any atom is 0.410 e. The van der Waals surface area contributed by atoms with Crippen molar-refractivity contribution >= 4 is 44.0 Å². The van der Waals surface area contributed by atoms with Crippen molar-refractivity contribution in [1.82, 2.24) is 9.88 Å². The number of hydrogen-bond donors (Lipinski definition) is 1. The number of hydrogen-bond acceptors (Lipinski definition) is 6. The maximum absolute atomic E-state index is 13.5. The molecule has 0 fully saturated rings. The Morgan fingerprint density at radius 3 is 2.85 bits per heavy atom. The van der Waals surface area contributed by atoms with Crippen LogP contribution in [0, 0.1) is 5.82 Å². The van der Waals surface area contributed by atoms with E-state index in [4.69, 9.17) is 10.5 Å². The first-order valence-electron chi connectivity index (χ1n) is 8.65. The third kappa shape index (κ3) is 3.51. The molecule has 0 radical (unpaired) electrons. The van der Waals surface area contributed by atoms with Crippen molar-refractivity contribution in [2.75, 3.05) is 12.3 Å². The zero-order valence-corrected chi connectivity index (χ0v) is 17.0. The van der Waals surface area contributed by atoms with Gasteiger partial charge < -0.3 is 15.4 Å². The Kier molecular flexibility index (Phi) is 4.35. The third-order valence-corrected chi connectivity index (χ3v) is 6.40. The van der Waals surface area contributed by atoms with Crippen molar-refractivity contribution in [3.8, 4) is 10.6 Å². The predicted octanol–water partition coefficient (Wildman–Crippen LogP) is 5.04. The highest BCUT2D eigenvalue weighted by Crippen LogP contribution is 2.44. The van der Waals surface area contributed by atoms with Crippen LogP contribution in [0.4, 0.5) is 14.2 Å². The molecule has 8 heteroatoms. The lowest BCUT2D eigenvalue weighted by atomic mass is 10.0. The number of nitrogen functional groups attached to an aromatic ring is 1. The summed E-state index contributed by atoms with van der Waals surface area (Å²) in [6.45, 7) is 6.63. The second kappa shape index (κ2) is 6.45. The van der Waals surface area contributed by atoms with Crippen LogP contribution in [-0.4, -0.2) is 28.1 Å². The van der Waals surface area contributed by atoms with Crippen LogP contribution in [0.1, 0.15) is 31.2 Å². The highest BCUT2D eigenvalue weighted by atomic mass is 32.1. The molecule has 2 N–H and O–H groups in total. The molecule has 0 unspecified atom stereocenters. The summed E-state index contributed by atoms with van der Waals surface area (Å²) in [4.78, 5) is 19.7. The molecule has 27 heavy (non-hydrogen) atoms. The minimum Gasteiger partial charge on any atom is -0.444 e. The Bertz CT molecular complexity index is 1040. The molecule has 0 spiro atoms. The van der Waals surface area contributed by atoms with Crippen LogP contribution >= 0.6 is 22.7 Å². The van der Waals surface area contributed by atoms with Crippen molar-refractivity contribution in [3.63, 3.8) is 0 Å². The number of thiophene rings is 1. The van der Waals surface area contributed by atoms with Gasteiger partial charge in [-0.05, 0) is 44.9 Å². The highest BCUT2D eigenvalue weighted by molar-refractivity contribution is 7.22. The van der Waals surface area contributed by atoms with Crippen LogP contribution in [0.3, 0.4) is 0 Å². The first-order valence-corrected chi connectivity index (χ1v) is 10.3. The third-order valence-electron chi connectivity index (χ3n) is 4.30. The van der Waals surface area contributed by atoms with Crippen LogP contribution in [-0.2, 0) is 17.7 Å². The van der Waals surface area contributed by atoms with Gasteiger partial charge in [-0.3, -0.25) is 0 Å². The Labute approximate surface area is 164 Å². The second-order valence-electron chi connectivity index (χ2n) is 7.53. The predicted molar refractivity (Wildman–Crippen MR) is 108 cm³/mol. The molecule has 5 nitrogen and oxygen atoms in total. The summed E-state index contributed by atoms with van der Waals surface area (Å²) in [5.74, 6) is -0.298. The maximum atomic E-state index is 13.5. The van der Waals surface area contributed by atoms with Gasteiger partial charge in [-0.25, -0.2) is 14.2 Å². The summed E-state index contributed by atoms with van der Waals surface area (Å²) in [6, 6.07) is 4.62. The number of fused-ring (bicyclic) bond motifs is 2. The minimum absolute atomic E-state index is 0.298. The Hall–Kier alpha value is -2.19. The van der Waals surface area contributed by atoms with Gasteiger partial charge in [-0.15, -0.1) is 22.7 Å². The topological polar surface area (TPSA) is 68.5 Å². The van der Waals surface area contributed by atoms with Crippen molar-refractivity contribution in [2.45, 2.75) is 39.3 Å². The van der Waals surface area contributed by atoms with E-state index in [0.29, 0.717) is 30.0 Å². The van der Waals surface area contributed by atoms with E-state index in [1.807, 2.05) is 20.8 Å². The molecule has 3 heterocycles. The lowest BCUT2D eigenvalue weighted by Crippen LogP contribution is -2.39. The molecule has 142 valence electrons.